The van der Waals surface area contributed by atoms with Crippen LogP contribution in [0.4, 0.5) is 0 Å². The van der Waals surface area contributed by atoms with E-state index in [1.807, 2.05) is 6.07 Å². The summed E-state index contributed by atoms with van der Waals surface area (Å²) in [6.07, 6.45) is 7.86. The Labute approximate surface area is 116 Å². The predicted molar refractivity (Wildman–Crippen MR) is 74.8 cm³/mol. The number of rotatable bonds is 5. The molecule has 0 atom stereocenters. The molecule has 0 aromatic carbocycles. The number of carbonyl (C=O) groups excluding carboxylic acids is 1. The van der Waals surface area contributed by atoms with Gasteiger partial charge in [-0.15, -0.1) is 0 Å². The molecule has 0 unspecified atom stereocenters. The van der Waals surface area contributed by atoms with Crippen LogP contribution in [0.25, 0.3) is 0 Å². The van der Waals surface area contributed by atoms with Crippen LogP contribution in [0.15, 0.2) is 16.7 Å². The minimum Gasteiger partial charge on any atom is -0.339 e. The Hall–Kier alpha value is -0.770. The highest BCUT2D eigenvalue weighted by Crippen LogP contribution is 2.38. The second-order valence-corrected chi connectivity index (χ2v) is 6.33. The molecule has 0 N–H and O–H groups in total. The number of hydrogen-bond donors (Lipinski definition) is 0. The van der Waals surface area contributed by atoms with Gasteiger partial charge in [-0.05, 0) is 54.1 Å². The molecule has 1 aromatic rings. The third-order valence-corrected chi connectivity index (χ3v) is 4.12. The van der Waals surface area contributed by atoms with Gasteiger partial charge in [0.05, 0.1) is 0 Å². The van der Waals surface area contributed by atoms with Gasteiger partial charge < -0.3 is 9.47 Å². The van der Waals surface area contributed by atoms with Crippen molar-refractivity contribution >= 4 is 21.8 Å². The van der Waals surface area contributed by atoms with Gasteiger partial charge >= 0.3 is 0 Å². The van der Waals surface area contributed by atoms with Crippen LogP contribution in [0.5, 0.6) is 0 Å². The Morgan fingerprint density at radius 1 is 1.44 bits per heavy atom. The summed E-state index contributed by atoms with van der Waals surface area (Å²) in [5.74, 6) is 0.219. The molecule has 18 heavy (non-hydrogen) atoms. The van der Waals surface area contributed by atoms with E-state index >= 15 is 0 Å². The third kappa shape index (κ3) is 2.35. The minimum absolute atomic E-state index is 0.219. The number of amides is 1. The molecule has 0 aliphatic heterocycles. The first-order valence-electron chi connectivity index (χ1n) is 6.89. The smallest absolute Gasteiger partial charge is 0.270 e. The van der Waals surface area contributed by atoms with Crippen molar-refractivity contribution in [2.24, 2.45) is 0 Å². The molecule has 0 bridgehead atoms. The van der Waals surface area contributed by atoms with Crippen LogP contribution in [0.1, 0.15) is 55.6 Å². The van der Waals surface area contributed by atoms with E-state index in [9.17, 15) is 4.79 Å². The molecule has 3 rings (SSSR count). The van der Waals surface area contributed by atoms with Gasteiger partial charge in [-0.2, -0.15) is 0 Å². The van der Waals surface area contributed by atoms with Crippen LogP contribution < -0.4 is 0 Å². The molecule has 0 radical (unpaired) electrons. The second kappa shape index (κ2) is 4.72. The topological polar surface area (TPSA) is 25.2 Å². The predicted octanol–water partition coefficient (Wildman–Crippen LogP) is 3.60. The minimum atomic E-state index is 0.219. The molecule has 2 fully saturated rings. The largest absolute Gasteiger partial charge is 0.339 e. The molecular weight excluding hydrogens is 292 g/mol. The normalized spacial score (nSPS) is 19.0. The first kappa shape index (κ1) is 12.3. The summed E-state index contributed by atoms with van der Waals surface area (Å²) in [5, 5.41) is 0. The Morgan fingerprint density at radius 3 is 2.72 bits per heavy atom. The highest BCUT2D eigenvalue weighted by atomic mass is 79.9. The molecule has 2 aliphatic rings. The first-order chi connectivity index (χ1) is 8.70. The third-order valence-electron chi connectivity index (χ3n) is 3.69. The van der Waals surface area contributed by atoms with Crippen LogP contribution >= 0.6 is 15.9 Å². The number of halogens is 1. The number of hydrogen-bond acceptors (Lipinski definition) is 1. The highest BCUT2D eigenvalue weighted by Gasteiger charge is 2.35. The fourth-order valence-electron chi connectivity index (χ4n) is 2.50. The van der Waals surface area contributed by atoms with E-state index in [0.717, 1.165) is 23.1 Å². The van der Waals surface area contributed by atoms with Gasteiger partial charge in [0.2, 0.25) is 0 Å². The Balaban J connectivity index is 1.85. The molecule has 0 saturated heterocycles. The maximum absolute atomic E-state index is 12.7. The summed E-state index contributed by atoms with van der Waals surface area (Å²) in [6, 6.07) is 3.03. The van der Waals surface area contributed by atoms with Crippen LogP contribution in [0, 0.1) is 0 Å². The van der Waals surface area contributed by atoms with Crippen LogP contribution in [-0.2, 0) is 0 Å². The van der Waals surface area contributed by atoms with Crippen molar-refractivity contribution in [3.05, 3.63) is 22.4 Å². The van der Waals surface area contributed by atoms with Crippen molar-refractivity contribution in [2.75, 3.05) is 6.54 Å². The summed E-state index contributed by atoms with van der Waals surface area (Å²) in [5.41, 5.74) is 0.865. The lowest BCUT2D eigenvalue weighted by atomic mass is 10.3. The van der Waals surface area contributed by atoms with Crippen molar-refractivity contribution in [1.29, 1.82) is 0 Å². The Kier molecular flexibility index (Phi) is 3.22. The van der Waals surface area contributed by atoms with Crippen molar-refractivity contribution in [1.82, 2.24) is 9.47 Å². The average Bonchev–Trinajstić information content (AvgIpc) is 3.24. The molecule has 4 heteroatoms. The van der Waals surface area contributed by atoms with Gasteiger partial charge in [0.15, 0.2) is 0 Å². The fourth-order valence-corrected chi connectivity index (χ4v) is 2.93. The zero-order valence-corrected chi connectivity index (χ0v) is 12.3. The van der Waals surface area contributed by atoms with E-state index in [1.54, 1.807) is 0 Å². The first-order valence-corrected chi connectivity index (χ1v) is 7.68. The zero-order valence-electron chi connectivity index (χ0n) is 10.7. The molecular formula is C14H19BrN2O. The van der Waals surface area contributed by atoms with Crippen molar-refractivity contribution in [2.45, 2.75) is 51.1 Å². The molecule has 0 spiro atoms. The van der Waals surface area contributed by atoms with Crippen molar-refractivity contribution in [3.8, 4) is 0 Å². The quantitative estimate of drug-likeness (QED) is 0.815. The Bertz CT molecular complexity index is 460. The monoisotopic (exact) mass is 310 g/mol. The molecule has 1 amide bonds. The van der Waals surface area contributed by atoms with Gasteiger partial charge in [-0.25, -0.2) is 0 Å². The SMILES string of the molecule is CCCN(C(=O)c1cc(Br)cn1C1CC1)C1CC1. The standard InChI is InChI=1S/C14H19BrN2O/c1-2-7-16(11-3-4-11)14(18)13-8-10(15)9-17(13)12-5-6-12/h8-9,11-12H,2-7H2,1H3. The maximum Gasteiger partial charge on any atom is 0.270 e. The van der Waals surface area contributed by atoms with Gasteiger partial charge in [0, 0.05) is 29.3 Å². The lowest BCUT2D eigenvalue weighted by molar-refractivity contribution is 0.0732. The molecule has 2 saturated carbocycles. The maximum atomic E-state index is 12.7. The second-order valence-electron chi connectivity index (χ2n) is 5.41. The lowest BCUT2D eigenvalue weighted by Gasteiger charge is -2.22. The van der Waals surface area contributed by atoms with Gasteiger partial charge in [-0.1, -0.05) is 6.92 Å². The van der Waals surface area contributed by atoms with E-state index in [-0.39, 0.29) is 5.91 Å². The highest BCUT2D eigenvalue weighted by molar-refractivity contribution is 9.10. The van der Waals surface area contributed by atoms with Crippen LogP contribution in [-0.4, -0.2) is 28.0 Å². The van der Waals surface area contributed by atoms with E-state index in [2.05, 4.69) is 38.5 Å². The molecule has 1 aromatic heterocycles. The number of nitrogens with zero attached hydrogens (tertiary/aromatic N) is 2. The number of aromatic nitrogens is 1. The Morgan fingerprint density at radius 2 is 2.17 bits per heavy atom. The zero-order chi connectivity index (χ0) is 12.7. The average molecular weight is 311 g/mol. The number of carbonyl (C=O) groups is 1. The van der Waals surface area contributed by atoms with E-state index in [4.69, 9.17) is 0 Å². The summed E-state index contributed by atoms with van der Waals surface area (Å²) in [6.45, 7) is 3.02. The van der Waals surface area contributed by atoms with Gasteiger partial charge in [-0.3, -0.25) is 4.79 Å². The summed E-state index contributed by atoms with van der Waals surface area (Å²) < 4.78 is 3.18. The van der Waals surface area contributed by atoms with E-state index < -0.39 is 0 Å². The van der Waals surface area contributed by atoms with E-state index in [1.165, 1.54) is 25.7 Å². The molecule has 98 valence electrons. The fraction of sp³-hybridized carbons (Fsp3) is 0.643. The van der Waals surface area contributed by atoms with Crippen molar-refractivity contribution < 1.29 is 4.79 Å². The van der Waals surface area contributed by atoms with E-state index in [0.29, 0.717) is 12.1 Å². The van der Waals surface area contributed by atoms with Crippen LogP contribution in [0.2, 0.25) is 0 Å². The molecule has 1 heterocycles. The van der Waals surface area contributed by atoms with Gasteiger partial charge in [0.25, 0.3) is 5.91 Å². The lowest BCUT2D eigenvalue weighted by Crippen LogP contribution is -2.35. The summed E-state index contributed by atoms with van der Waals surface area (Å²) >= 11 is 3.50. The summed E-state index contributed by atoms with van der Waals surface area (Å²) in [7, 11) is 0. The molecule has 2 aliphatic carbocycles. The summed E-state index contributed by atoms with van der Waals surface area (Å²) in [4.78, 5) is 14.7. The van der Waals surface area contributed by atoms with Crippen molar-refractivity contribution in [3.63, 3.8) is 0 Å². The molecule has 3 nitrogen and oxygen atoms in total. The van der Waals surface area contributed by atoms with Gasteiger partial charge in [0.1, 0.15) is 5.69 Å². The van der Waals surface area contributed by atoms with Crippen LogP contribution in [0.3, 0.4) is 0 Å².